The molecule has 0 radical (unpaired) electrons. The molecule has 0 atom stereocenters. The largest absolute Gasteiger partial charge is 1.00 e. The molecule has 0 N–H and O–H groups in total. The smallest absolute Gasteiger partial charge is 1.00 e. The average molecular weight is 287 g/mol. The monoisotopic (exact) mass is 287 g/mol. The SMILES string of the molecule is CCCCCCOS(=O)(=O)N1C(=O)CCC1=O.[H-].[Na+]. The molecule has 0 aromatic carbocycles. The topological polar surface area (TPSA) is 80.8 Å². The van der Waals surface area contributed by atoms with Crippen LogP contribution >= 0.6 is 0 Å². The molecule has 2 amide bonds. The van der Waals surface area contributed by atoms with Crippen molar-refractivity contribution >= 4 is 22.1 Å². The number of carbonyl (C=O) groups excluding carboxylic acids is 2. The van der Waals surface area contributed by atoms with E-state index in [9.17, 15) is 18.0 Å². The summed E-state index contributed by atoms with van der Waals surface area (Å²) in [6, 6.07) is 0. The minimum atomic E-state index is -4.21. The summed E-state index contributed by atoms with van der Waals surface area (Å²) in [5.74, 6) is -1.41. The maximum atomic E-state index is 11.5. The van der Waals surface area contributed by atoms with Crippen molar-refractivity contribution in [1.29, 1.82) is 0 Å². The van der Waals surface area contributed by atoms with Gasteiger partial charge in [-0.05, 0) is 6.42 Å². The van der Waals surface area contributed by atoms with E-state index in [1.807, 2.05) is 6.92 Å². The summed E-state index contributed by atoms with van der Waals surface area (Å²) in [5, 5.41) is 0. The van der Waals surface area contributed by atoms with Crippen LogP contribution in [0.15, 0.2) is 0 Å². The van der Waals surface area contributed by atoms with E-state index in [1.165, 1.54) is 0 Å². The van der Waals surface area contributed by atoms with Crippen LogP contribution in [0.3, 0.4) is 0 Å². The van der Waals surface area contributed by atoms with Crippen molar-refractivity contribution in [2.45, 2.75) is 45.4 Å². The quantitative estimate of drug-likeness (QED) is 0.310. The van der Waals surface area contributed by atoms with Crippen molar-refractivity contribution in [3.8, 4) is 0 Å². The first-order valence-electron chi connectivity index (χ1n) is 5.74. The van der Waals surface area contributed by atoms with Gasteiger partial charge in [0.2, 0.25) is 11.8 Å². The summed E-state index contributed by atoms with van der Waals surface area (Å²) < 4.78 is 28.0. The van der Waals surface area contributed by atoms with Crippen LogP contribution in [0.5, 0.6) is 0 Å². The van der Waals surface area contributed by atoms with Crippen LogP contribution in [-0.2, 0) is 24.1 Å². The second-order valence-corrected chi connectivity index (χ2v) is 5.35. The molecule has 0 aromatic rings. The van der Waals surface area contributed by atoms with Crippen LogP contribution < -0.4 is 29.6 Å². The minimum absolute atomic E-state index is 0. The van der Waals surface area contributed by atoms with Gasteiger partial charge >= 0.3 is 39.9 Å². The first-order valence-corrected chi connectivity index (χ1v) is 7.11. The third-order valence-corrected chi connectivity index (χ3v) is 3.78. The maximum absolute atomic E-state index is 11.5. The first-order chi connectivity index (χ1) is 7.99. The maximum Gasteiger partial charge on any atom is 1.00 e. The summed E-state index contributed by atoms with van der Waals surface area (Å²) in [4.78, 5) is 22.4. The third kappa shape index (κ3) is 4.97. The normalized spacial score (nSPS) is 15.9. The molecule has 1 aliphatic rings. The van der Waals surface area contributed by atoms with Crippen LogP contribution in [0.2, 0.25) is 0 Å². The van der Waals surface area contributed by atoms with Crippen LogP contribution in [0.4, 0.5) is 0 Å². The van der Waals surface area contributed by atoms with E-state index in [1.54, 1.807) is 0 Å². The van der Waals surface area contributed by atoms with E-state index in [-0.39, 0.29) is 54.7 Å². The molecule has 1 fully saturated rings. The van der Waals surface area contributed by atoms with Crippen molar-refractivity contribution < 1.29 is 53.2 Å². The van der Waals surface area contributed by atoms with Gasteiger partial charge in [-0.2, -0.15) is 12.7 Å². The summed E-state index contributed by atoms with van der Waals surface area (Å²) in [6.07, 6.45) is 3.40. The molecular weight excluding hydrogens is 269 g/mol. The number of hydrogen-bond acceptors (Lipinski definition) is 5. The molecule has 0 spiro atoms. The van der Waals surface area contributed by atoms with Crippen molar-refractivity contribution in [1.82, 2.24) is 4.31 Å². The number of carbonyl (C=O) groups is 2. The summed E-state index contributed by atoms with van der Waals surface area (Å²) in [5.41, 5.74) is 0. The first kappa shape index (κ1) is 18.0. The Kier molecular flexibility index (Phi) is 8.29. The molecule has 0 saturated carbocycles. The van der Waals surface area contributed by atoms with Crippen molar-refractivity contribution in [2.24, 2.45) is 0 Å². The van der Waals surface area contributed by atoms with E-state index in [4.69, 9.17) is 0 Å². The summed E-state index contributed by atoms with van der Waals surface area (Å²) in [7, 11) is -4.21. The number of rotatable bonds is 7. The molecule has 18 heavy (non-hydrogen) atoms. The second kappa shape index (κ2) is 8.27. The fourth-order valence-electron chi connectivity index (χ4n) is 1.55. The van der Waals surface area contributed by atoms with Gasteiger partial charge < -0.3 is 1.43 Å². The number of hydrogen-bond donors (Lipinski definition) is 0. The van der Waals surface area contributed by atoms with E-state index in [2.05, 4.69) is 4.18 Å². The van der Waals surface area contributed by atoms with Gasteiger partial charge in [-0.15, -0.1) is 0 Å². The molecule has 0 unspecified atom stereocenters. The molecule has 8 heteroatoms. The Morgan fingerprint density at radius 1 is 1.17 bits per heavy atom. The predicted molar refractivity (Wildman–Crippen MR) is 61.2 cm³/mol. The number of imide groups is 1. The van der Waals surface area contributed by atoms with Gasteiger partial charge in [0.25, 0.3) is 0 Å². The summed E-state index contributed by atoms with van der Waals surface area (Å²) in [6.45, 7) is 2.05. The van der Waals surface area contributed by atoms with Gasteiger partial charge in [-0.1, -0.05) is 26.2 Å². The molecule has 1 saturated heterocycles. The zero-order chi connectivity index (χ0) is 12.9. The van der Waals surface area contributed by atoms with Gasteiger partial charge in [0.15, 0.2) is 0 Å². The van der Waals surface area contributed by atoms with Gasteiger partial charge in [0, 0.05) is 12.8 Å². The Labute approximate surface area is 131 Å². The fraction of sp³-hybridized carbons (Fsp3) is 0.800. The van der Waals surface area contributed by atoms with Crippen molar-refractivity contribution in [2.75, 3.05) is 6.61 Å². The third-order valence-electron chi connectivity index (χ3n) is 2.46. The van der Waals surface area contributed by atoms with Gasteiger partial charge in [-0.25, -0.2) is 0 Å². The number of unbranched alkanes of at least 4 members (excludes halogenated alkanes) is 3. The average Bonchev–Trinajstić information content (AvgIpc) is 2.58. The van der Waals surface area contributed by atoms with E-state index in [0.717, 1.165) is 19.3 Å². The Morgan fingerprint density at radius 2 is 1.72 bits per heavy atom. The predicted octanol–water partition coefficient (Wildman–Crippen LogP) is -1.91. The Hall–Kier alpha value is 0.0500. The zero-order valence-corrected chi connectivity index (χ0v) is 13.7. The molecule has 1 aliphatic heterocycles. The molecule has 1 rings (SSSR count). The molecular formula is C10H18NNaO5S. The van der Waals surface area contributed by atoms with Crippen LogP contribution in [0, 0.1) is 0 Å². The van der Waals surface area contributed by atoms with Gasteiger partial charge in [-0.3, -0.25) is 13.8 Å². The van der Waals surface area contributed by atoms with Crippen molar-refractivity contribution in [3.63, 3.8) is 0 Å². The molecule has 0 aromatic heterocycles. The zero-order valence-electron chi connectivity index (χ0n) is 11.8. The van der Waals surface area contributed by atoms with E-state index >= 15 is 0 Å². The van der Waals surface area contributed by atoms with Gasteiger partial charge in [0.05, 0.1) is 6.61 Å². The summed E-state index contributed by atoms with van der Waals surface area (Å²) >= 11 is 0. The molecule has 1 heterocycles. The van der Waals surface area contributed by atoms with Crippen LogP contribution in [0.1, 0.15) is 46.9 Å². The van der Waals surface area contributed by atoms with E-state index in [0.29, 0.717) is 6.42 Å². The molecule has 100 valence electrons. The molecule has 6 nitrogen and oxygen atoms in total. The minimum Gasteiger partial charge on any atom is -1.00 e. The molecule has 0 bridgehead atoms. The Balaban J connectivity index is 0. The number of nitrogens with zero attached hydrogens (tertiary/aromatic N) is 1. The molecule has 0 aliphatic carbocycles. The second-order valence-electron chi connectivity index (χ2n) is 3.89. The Bertz CT molecular complexity index is 385. The van der Waals surface area contributed by atoms with Crippen LogP contribution in [-0.4, -0.2) is 31.1 Å². The number of amides is 2. The van der Waals surface area contributed by atoms with Gasteiger partial charge in [0.1, 0.15) is 0 Å². The van der Waals surface area contributed by atoms with Crippen molar-refractivity contribution in [3.05, 3.63) is 0 Å². The van der Waals surface area contributed by atoms with Crippen LogP contribution in [0.25, 0.3) is 0 Å². The Morgan fingerprint density at radius 3 is 2.22 bits per heavy atom. The fourth-order valence-corrected chi connectivity index (χ4v) is 2.67. The standard InChI is InChI=1S/C10H17NO5S.Na.H/c1-2-3-4-5-8-16-17(14,15)11-9(12)6-7-10(11)13;;/h2-8H2,1H3;;/q;+1;-1. The van der Waals surface area contributed by atoms with E-state index < -0.39 is 22.1 Å².